The Morgan fingerprint density at radius 3 is 2.20 bits per heavy atom. The molecule has 0 heterocycles. The third-order valence-electron chi connectivity index (χ3n) is 2.30. The van der Waals surface area contributed by atoms with Gasteiger partial charge in [-0.15, -0.1) is 0 Å². The number of nitrogens with two attached hydrogens (primary N) is 1. The van der Waals surface area contributed by atoms with Gasteiger partial charge in [0.25, 0.3) is 0 Å². The predicted octanol–water partition coefficient (Wildman–Crippen LogP) is -0.971. The lowest BCUT2D eigenvalue weighted by Gasteiger charge is -2.22. The molecule has 2 unspecified atom stereocenters. The summed E-state index contributed by atoms with van der Waals surface area (Å²) in [6.45, 7) is 3.53. The topological polar surface area (TPSA) is 105 Å². The summed E-state index contributed by atoms with van der Waals surface area (Å²) in [5, 5.41) is 27.5. The van der Waals surface area contributed by atoms with Gasteiger partial charge in [0, 0.05) is 12.5 Å². The minimum absolute atomic E-state index is 0.190. The van der Waals surface area contributed by atoms with Gasteiger partial charge in [0.15, 0.2) is 0 Å². The van der Waals surface area contributed by atoms with Crippen LogP contribution in [0, 0.1) is 5.92 Å². The molecule has 0 aliphatic carbocycles. The van der Waals surface area contributed by atoms with E-state index < -0.39 is 19.5 Å². The second-order valence-electron chi connectivity index (χ2n) is 3.60. The molecular formula is C8H20BNO5. The molecule has 0 amide bonds. The van der Waals surface area contributed by atoms with Crippen LogP contribution in [0.3, 0.4) is 0 Å². The van der Waals surface area contributed by atoms with E-state index in [0.29, 0.717) is 12.8 Å². The minimum Gasteiger partial charge on any atom is -0.401 e. The van der Waals surface area contributed by atoms with Crippen molar-refractivity contribution in [3.8, 4) is 0 Å². The highest BCUT2D eigenvalue weighted by Crippen LogP contribution is 2.16. The van der Waals surface area contributed by atoms with E-state index >= 15 is 0 Å². The van der Waals surface area contributed by atoms with Gasteiger partial charge in [-0.3, -0.25) is 0 Å². The van der Waals surface area contributed by atoms with Gasteiger partial charge < -0.3 is 24.6 Å². The summed E-state index contributed by atoms with van der Waals surface area (Å²) in [4.78, 5) is 0. The number of aliphatic hydroxyl groups is 2. The van der Waals surface area contributed by atoms with Crippen molar-refractivity contribution in [2.45, 2.75) is 38.9 Å². The van der Waals surface area contributed by atoms with Crippen LogP contribution in [-0.4, -0.2) is 41.4 Å². The summed E-state index contributed by atoms with van der Waals surface area (Å²) in [5.41, 5.74) is 0. The third-order valence-corrected chi connectivity index (χ3v) is 2.30. The number of rotatable bonds is 8. The van der Waals surface area contributed by atoms with E-state index in [1.165, 1.54) is 0 Å². The van der Waals surface area contributed by atoms with E-state index in [0.717, 1.165) is 0 Å². The summed E-state index contributed by atoms with van der Waals surface area (Å²) in [7, 11) is -1.42. The van der Waals surface area contributed by atoms with Crippen molar-refractivity contribution in [1.82, 2.24) is 0 Å². The van der Waals surface area contributed by atoms with Gasteiger partial charge in [0.2, 0.25) is 0 Å². The summed E-state index contributed by atoms with van der Waals surface area (Å²) < 4.78 is 8.73. The lowest BCUT2D eigenvalue weighted by Crippen LogP contribution is -2.29. The maximum atomic E-state index is 9.34. The maximum absolute atomic E-state index is 9.34. The van der Waals surface area contributed by atoms with Crippen molar-refractivity contribution in [2.24, 2.45) is 11.8 Å². The second kappa shape index (κ2) is 8.03. The van der Waals surface area contributed by atoms with Crippen LogP contribution in [0.4, 0.5) is 0 Å². The molecule has 0 saturated heterocycles. The lowest BCUT2D eigenvalue weighted by molar-refractivity contribution is 0.0230. The van der Waals surface area contributed by atoms with Crippen LogP contribution >= 0.6 is 0 Å². The highest BCUT2D eigenvalue weighted by molar-refractivity contribution is 6.34. The van der Waals surface area contributed by atoms with E-state index in [2.05, 4.69) is 10.7 Å². The standard InChI is InChI=1S/C8H20BNO5/c1-6(11)8(7(2)12)4-3-5-14-9(13)15-10/h6-8,11-13H,3-5,10H2,1-2H3. The molecule has 0 fully saturated rings. The van der Waals surface area contributed by atoms with Gasteiger partial charge in [0.05, 0.1) is 12.2 Å². The summed E-state index contributed by atoms with van der Waals surface area (Å²) in [6.07, 6.45) is 0.0643. The molecular weight excluding hydrogens is 201 g/mol. The molecule has 5 N–H and O–H groups in total. The van der Waals surface area contributed by atoms with Crippen molar-refractivity contribution < 1.29 is 24.6 Å². The Bertz CT molecular complexity index is 150. The van der Waals surface area contributed by atoms with Crippen LogP contribution in [0.25, 0.3) is 0 Å². The Kier molecular flexibility index (Phi) is 7.94. The van der Waals surface area contributed by atoms with Crippen LogP contribution < -0.4 is 5.90 Å². The molecule has 90 valence electrons. The van der Waals surface area contributed by atoms with E-state index in [-0.39, 0.29) is 12.5 Å². The summed E-state index contributed by atoms with van der Waals surface area (Å²) >= 11 is 0. The quantitative estimate of drug-likeness (QED) is 0.239. The monoisotopic (exact) mass is 221 g/mol. The van der Waals surface area contributed by atoms with Crippen molar-refractivity contribution >= 4 is 7.32 Å². The molecule has 0 rings (SSSR count). The first-order valence-corrected chi connectivity index (χ1v) is 5.00. The van der Waals surface area contributed by atoms with Gasteiger partial charge in [-0.2, -0.15) is 0 Å². The Morgan fingerprint density at radius 2 is 1.80 bits per heavy atom. The SMILES string of the molecule is CC(O)C(CCCOB(O)ON)C(C)O. The van der Waals surface area contributed by atoms with Crippen molar-refractivity contribution in [1.29, 1.82) is 0 Å². The van der Waals surface area contributed by atoms with Crippen LogP contribution in [0.5, 0.6) is 0 Å². The highest BCUT2D eigenvalue weighted by Gasteiger charge is 2.20. The van der Waals surface area contributed by atoms with E-state index in [9.17, 15) is 10.2 Å². The average Bonchev–Trinajstić information content (AvgIpc) is 2.15. The Hall–Kier alpha value is -0.175. The molecule has 0 spiro atoms. The fourth-order valence-electron chi connectivity index (χ4n) is 1.43. The van der Waals surface area contributed by atoms with Gasteiger partial charge in [-0.1, -0.05) is 0 Å². The zero-order valence-corrected chi connectivity index (χ0v) is 9.17. The van der Waals surface area contributed by atoms with Crippen molar-refractivity contribution in [3.63, 3.8) is 0 Å². The van der Waals surface area contributed by atoms with Crippen molar-refractivity contribution in [2.75, 3.05) is 6.61 Å². The molecule has 2 atom stereocenters. The molecule has 6 nitrogen and oxygen atoms in total. The van der Waals surface area contributed by atoms with Gasteiger partial charge in [0.1, 0.15) is 0 Å². The molecule has 0 bridgehead atoms. The van der Waals surface area contributed by atoms with Gasteiger partial charge >= 0.3 is 7.32 Å². The first kappa shape index (κ1) is 14.8. The lowest BCUT2D eigenvalue weighted by atomic mass is 9.93. The first-order chi connectivity index (χ1) is 6.99. The Labute approximate surface area is 90.1 Å². The number of hydrogen-bond acceptors (Lipinski definition) is 6. The zero-order valence-electron chi connectivity index (χ0n) is 9.17. The Morgan fingerprint density at radius 1 is 1.27 bits per heavy atom. The molecule has 0 radical (unpaired) electrons. The minimum atomic E-state index is -1.42. The van der Waals surface area contributed by atoms with Crippen molar-refractivity contribution in [3.05, 3.63) is 0 Å². The normalized spacial score (nSPS) is 17.2. The molecule has 0 aliphatic heterocycles. The molecule has 0 saturated carbocycles. The summed E-state index contributed by atoms with van der Waals surface area (Å²) in [6, 6.07) is 0. The Balaban J connectivity index is 3.63. The second-order valence-corrected chi connectivity index (χ2v) is 3.60. The van der Waals surface area contributed by atoms with E-state index in [1.807, 2.05) is 0 Å². The molecule has 7 heteroatoms. The fraction of sp³-hybridized carbons (Fsp3) is 1.00. The fourth-order valence-corrected chi connectivity index (χ4v) is 1.43. The summed E-state index contributed by atoms with van der Waals surface area (Å²) in [5.74, 6) is 4.47. The zero-order chi connectivity index (χ0) is 11.8. The average molecular weight is 221 g/mol. The predicted molar refractivity (Wildman–Crippen MR) is 55.3 cm³/mol. The smallest absolute Gasteiger partial charge is 0.401 e. The molecule has 0 aromatic carbocycles. The van der Waals surface area contributed by atoms with Crippen LogP contribution in [-0.2, 0) is 9.41 Å². The van der Waals surface area contributed by atoms with E-state index in [4.69, 9.17) is 9.68 Å². The van der Waals surface area contributed by atoms with Gasteiger partial charge in [-0.05, 0) is 26.7 Å². The van der Waals surface area contributed by atoms with Crippen LogP contribution in [0.1, 0.15) is 26.7 Å². The highest BCUT2D eigenvalue weighted by atomic mass is 16.7. The van der Waals surface area contributed by atoms with Crippen LogP contribution in [0.15, 0.2) is 0 Å². The number of hydrogen-bond donors (Lipinski definition) is 4. The molecule has 0 aromatic heterocycles. The largest absolute Gasteiger partial charge is 0.654 e. The number of aliphatic hydroxyl groups excluding tert-OH is 2. The van der Waals surface area contributed by atoms with Crippen LogP contribution in [0.2, 0.25) is 0 Å². The maximum Gasteiger partial charge on any atom is 0.654 e. The van der Waals surface area contributed by atoms with E-state index in [1.54, 1.807) is 13.8 Å². The third kappa shape index (κ3) is 6.83. The van der Waals surface area contributed by atoms with Gasteiger partial charge in [-0.25, -0.2) is 5.90 Å². The molecule has 0 aromatic rings. The first-order valence-electron chi connectivity index (χ1n) is 5.00. The molecule has 0 aliphatic rings. The molecule has 15 heavy (non-hydrogen) atoms.